The maximum Gasteiger partial charge on any atom is 0.145 e. The van der Waals surface area contributed by atoms with Gasteiger partial charge in [0.15, 0.2) is 0 Å². The predicted octanol–water partition coefficient (Wildman–Crippen LogP) is 3.82. The third kappa shape index (κ3) is 2.92. The summed E-state index contributed by atoms with van der Waals surface area (Å²) in [4.78, 5) is 10.5. The van der Waals surface area contributed by atoms with Crippen molar-refractivity contribution in [3.8, 4) is 0 Å². The maximum atomic E-state index is 10.5. The smallest absolute Gasteiger partial charge is 0.145 e. The van der Waals surface area contributed by atoms with Crippen molar-refractivity contribution in [1.82, 2.24) is 0 Å². The number of carbonyl (C=O) groups is 1. The Balaban J connectivity index is 2.90. The van der Waals surface area contributed by atoms with Gasteiger partial charge in [-0.05, 0) is 37.7 Å². The highest BCUT2D eigenvalue weighted by Crippen LogP contribution is 2.38. The Hall–Kier alpha value is -1.11. The molecule has 0 atom stereocenters. The van der Waals surface area contributed by atoms with Gasteiger partial charge in [0.05, 0.1) is 0 Å². The molecule has 1 rings (SSSR count). The van der Waals surface area contributed by atoms with E-state index >= 15 is 0 Å². The van der Waals surface area contributed by atoms with Crippen molar-refractivity contribution in [2.45, 2.75) is 40.5 Å². The molecule has 1 aliphatic rings. The molecule has 15 heavy (non-hydrogen) atoms. The fraction of sp³-hybridized carbons (Fsp3) is 0.500. The average molecular weight is 204 g/mol. The average Bonchev–Trinajstić information content (AvgIpc) is 2.15. The van der Waals surface area contributed by atoms with Crippen LogP contribution in [-0.2, 0) is 4.79 Å². The lowest BCUT2D eigenvalue weighted by atomic mass is 9.74. The van der Waals surface area contributed by atoms with Crippen LogP contribution in [0.25, 0.3) is 0 Å². The zero-order valence-corrected chi connectivity index (χ0v) is 10.1. The van der Waals surface area contributed by atoms with E-state index in [1.807, 2.05) is 13.0 Å². The molecule has 0 aromatic heterocycles. The zero-order valence-electron chi connectivity index (χ0n) is 10.1. The number of rotatable bonds is 3. The topological polar surface area (TPSA) is 17.1 Å². The molecule has 0 radical (unpaired) electrons. The Bertz CT molecular complexity index is 340. The quantitative estimate of drug-likeness (QED) is 0.504. The van der Waals surface area contributed by atoms with Gasteiger partial charge in [-0.25, -0.2) is 0 Å². The van der Waals surface area contributed by atoms with Crippen molar-refractivity contribution in [3.05, 3.63) is 34.9 Å². The summed E-state index contributed by atoms with van der Waals surface area (Å²) in [6.45, 7) is 8.53. The normalized spacial score (nSPS) is 20.7. The number of carbonyl (C=O) groups excluding carboxylic acids is 1. The molecular formula is C14H20O. The van der Waals surface area contributed by atoms with Crippen LogP contribution in [0.1, 0.15) is 40.5 Å². The molecule has 0 unspecified atom stereocenters. The van der Waals surface area contributed by atoms with E-state index in [1.54, 1.807) is 0 Å². The molecule has 1 nitrogen and oxygen atoms in total. The summed E-state index contributed by atoms with van der Waals surface area (Å²) in [5.74, 6) is 0. The Morgan fingerprint density at radius 3 is 2.73 bits per heavy atom. The second-order valence-corrected chi connectivity index (χ2v) is 4.92. The lowest BCUT2D eigenvalue weighted by Crippen LogP contribution is -2.17. The van der Waals surface area contributed by atoms with E-state index in [0.29, 0.717) is 0 Å². The van der Waals surface area contributed by atoms with E-state index in [0.717, 1.165) is 24.7 Å². The van der Waals surface area contributed by atoms with Crippen LogP contribution >= 0.6 is 0 Å². The van der Waals surface area contributed by atoms with Gasteiger partial charge in [0.1, 0.15) is 6.29 Å². The van der Waals surface area contributed by atoms with Crippen molar-refractivity contribution in [1.29, 1.82) is 0 Å². The molecule has 0 saturated heterocycles. The van der Waals surface area contributed by atoms with Crippen molar-refractivity contribution >= 4 is 6.29 Å². The van der Waals surface area contributed by atoms with Gasteiger partial charge in [-0.2, -0.15) is 0 Å². The number of hydrogen-bond donors (Lipinski definition) is 0. The van der Waals surface area contributed by atoms with Crippen molar-refractivity contribution < 1.29 is 4.79 Å². The van der Waals surface area contributed by atoms with Crippen LogP contribution in [0.15, 0.2) is 34.9 Å². The third-order valence-corrected chi connectivity index (χ3v) is 3.10. The van der Waals surface area contributed by atoms with Crippen molar-refractivity contribution in [2.24, 2.45) is 5.41 Å². The summed E-state index contributed by atoms with van der Waals surface area (Å²) in [6, 6.07) is 0. The minimum atomic E-state index is 0.235. The zero-order chi connectivity index (χ0) is 11.5. The van der Waals surface area contributed by atoms with Crippen molar-refractivity contribution in [2.75, 3.05) is 0 Å². The molecule has 0 aliphatic heterocycles. The molecule has 1 heteroatoms. The number of hydrogen-bond acceptors (Lipinski definition) is 1. The first-order valence-electron chi connectivity index (χ1n) is 5.46. The predicted molar refractivity (Wildman–Crippen MR) is 64.7 cm³/mol. The summed E-state index contributed by atoms with van der Waals surface area (Å²) in [5.41, 5.74) is 3.85. The monoisotopic (exact) mass is 204 g/mol. The molecule has 0 heterocycles. The molecule has 0 N–H and O–H groups in total. The van der Waals surface area contributed by atoms with Gasteiger partial charge in [0.2, 0.25) is 0 Å². The summed E-state index contributed by atoms with van der Waals surface area (Å²) >= 11 is 0. The van der Waals surface area contributed by atoms with Crippen LogP contribution in [0.3, 0.4) is 0 Å². The van der Waals surface area contributed by atoms with Crippen LogP contribution in [0, 0.1) is 5.41 Å². The second-order valence-electron chi connectivity index (χ2n) is 4.92. The highest BCUT2D eigenvalue weighted by atomic mass is 16.1. The molecule has 0 saturated carbocycles. The first-order valence-corrected chi connectivity index (χ1v) is 5.46. The Morgan fingerprint density at radius 2 is 2.20 bits per heavy atom. The van der Waals surface area contributed by atoms with Gasteiger partial charge in [-0.15, -0.1) is 0 Å². The Morgan fingerprint density at radius 1 is 1.53 bits per heavy atom. The molecule has 0 spiro atoms. The van der Waals surface area contributed by atoms with Gasteiger partial charge < -0.3 is 0 Å². The first kappa shape index (κ1) is 12.0. The lowest BCUT2D eigenvalue weighted by molar-refractivity contribution is -0.104. The van der Waals surface area contributed by atoms with Crippen LogP contribution in [-0.4, -0.2) is 6.29 Å². The molecule has 0 amide bonds. The van der Waals surface area contributed by atoms with Crippen molar-refractivity contribution in [3.63, 3.8) is 0 Å². The lowest BCUT2D eigenvalue weighted by Gasteiger charge is -2.31. The van der Waals surface area contributed by atoms with Crippen LogP contribution in [0.2, 0.25) is 0 Å². The van der Waals surface area contributed by atoms with E-state index < -0.39 is 0 Å². The minimum Gasteiger partial charge on any atom is -0.298 e. The molecule has 82 valence electrons. The standard InChI is InChI=1S/C14H20O/c1-11(10-15)7-8-13-12(2)6-5-9-14(13,3)4/h5-7,10H,8-9H2,1-4H3. The van der Waals surface area contributed by atoms with Crippen LogP contribution in [0.4, 0.5) is 0 Å². The molecule has 0 bridgehead atoms. The minimum absolute atomic E-state index is 0.235. The summed E-state index contributed by atoms with van der Waals surface area (Å²) in [7, 11) is 0. The molecule has 0 aromatic carbocycles. The van der Waals surface area contributed by atoms with Crippen LogP contribution in [0.5, 0.6) is 0 Å². The summed E-state index contributed by atoms with van der Waals surface area (Å²) < 4.78 is 0. The van der Waals surface area contributed by atoms with Gasteiger partial charge in [0, 0.05) is 0 Å². The van der Waals surface area contributed by atoms with E-state index in [-0.39, 0.29) is 5.41 Å². The SMILES string of the molecule is CC(C=O)=CCC1=C(C)C=CCC1(C)C. The Labute approximate surface area is 92.6 Å². The third-order valence-electron chi connectivity index (χ3n) is 3.10. The summed E-state index contributed by atoms with van der Waals surface area (Å²) in [5, 5.41) is 0. The fourth-order valence-electron chi connectivity index (χ4n) is 2.04. The molecule has 1 aliphatic carbocycles. The Kier molecular flexibility index (Phi) is 3.67. The largest absolute Gasteiger partial charge is 0.298 e. The molecule has 0 fully saturated rings. The summed E-state index contributed by atoms with van der Waals surface area (Å²) in [6.07, 6.45) is 9.34. The van der Waals surface area contributed by atoms with Gasteiger partial charge >= 0.3 is 0 Å². The molecular weight excluding hydrogens is 184 g/mol. The second kappa shape index (κ2) is 4.61. The first-order chi connectivity index (χ1) is 6.97. The van der Waals surface area contributed by atoms with E-state index in [9.17, 15) is 4.79 Å². The fourth-order valence-corrected chi connectivity index (χ4v) is 2.04. The molecule has 0 aromatic rings. The van der Waals surface area contributed by atoms with Crippen LogP contribution < -0.4 is 0 Å². The van der Waals surface area contributed by atoms with E-state index in [1.165, 1.54) is 11.1 Å². The van der Waals surface area contributed by atoms with E-state index in [2.05, 4.69) is 32.9 Å². The van der Waals surface area contributed by atoms with Gasteiger partial charge in [-0.1, -0.05) is 43.2 Å². The van der Waals surface area contributed by atoms with Gasteiger partial charge in [-0.3, -0.25) is 4.79 Å². The highest BCUT2D eigenvalue weighted by Gasteiger charge is 2.24. The van der Waals surface area contributed by atoms with Gasteiger partial charge in [0.25, 0.3) is 0 Å². The maximum absolute atomic E-state index is 10.5. The highest BCUT2D eigenvalue weighted by molar-refractivity contribution is 5.72. The van der Waals surface area contributed by atoms with E-state index in [4.69, 9.17) is 0 Å². The number of allylic oxidation sites excluding steroid dienone is 6. The number of aldehydes is 1.